The Morgan fingerprint density at radius 2 is 1.61 bits per heavy atom. The molecule has 23 heavy (non-hydrogen) atoms. The van der Waals surface area contributed by atoms with Crippen LogP contribution in [0, 0.1) is 11.6 Å². The molecule has 0 fully saturated rings. The summed E-state index contributed by atoms with van der Waals surface area (Å²) in [6.45, 7) is -0.0733. The van der Waals surface area contributed by atoms with Gasteiger partial charge in [0.15, 0.2) is 28.9 Å². The van der Waals surface area contributed by atoms with Crippen LogP contribution in [0.3, 0.4) is 0 Å². The Labute approximate surface area is 173 Å². The molecule has 2 rings (SSSR count). The van der Waals surface area contributed by atoms with Crippen molar-refractivity contribution >= 4 is 55.7 Å². The quantitative estimate of drug-likeness (QED) is 0.522. The first-order chi connectivity index (χ1) is 10.0. The van der Waals surface area contributed by atoms with E-state index in [1.54, 1.807) is 24.3 Å². The molecule has 0 saturated heterocycles. The fourth-order valence-corrected chi connectivity index (χ4v) is 2.05. The molecule has 0 amide bonds. The van der Waals surface area contributed by atoms with Gasteiger partial charge in [-0.05, 0) is 50.1 Å². The SMILES string of the molecule is O=COc1cccc(Br)c1F.OCc1cccc(Br)c1F.[AlH3].[H-].[Li+]. The number of hydrogen-bond acceptors (Lipinski definition) is 3. The van der Waals surface area contributed by atoms with Crippen molar-refractivity contribution in [3.63, 3.8) is 0 Å². The Hall–Kier alpha value is -0.180. The number of benzene rings is 2. The number of ether oxygens (including phenoxy) is 1. The molecule has 120 valence electrons. The standard InChI is InChI=1S/C7H4BrFO2.C7H6BrFO.Al.Li.4H/c8-5-2-1-3-6(7(5)9)11-4-10;8-6-3-1-2-5(4-10)7(6)9;;;;;;/h1-4H;1-3,10H,4H2;;;;;;/q;;;+1;;;;-1. The van der Waals surface area contributed by atoms with Crippen molar-refractivity contribution in [2.75, 3.05) is 0 Å². The summed E-state index contributed by atoms with van der Waals surface area (Å²) < 4.78 is 30.6. The Kier molecular flexibility index (Phi) is 14.3. The van der Waals surface area contributed by atoms with Crippen LogP contribution in [0.2, 0.25) is 0 Å². The molecule has 0 spiro atoms. The zero-order chi connectivity index (χ0) is 15.8. The van der Waals surface area contributed by atoms with Gasteiger partial charge >= 0.3 is 18.9 Å². The van der Waals surface area contributed by atoms with Gasteiger partial charge in [-0.25, -0.2) is 8.78 Å². The second-order valence-electron chi connectivity index (χ2n) is 3.64. The molecular formula is C14H14AlBr2F2LiO3. The van der Waals surface area contributed by atoms with Crippen molar-refractivity contribution in [2.24, 2.45) is 0 Å². The molecule has 9 heteroatoms. The maximum Gasteiger partial charge on any atom is 1.00 e. The van der Waals surface area contributed by atoms with Crippen LogP contribution in [0.25, 0.3) is 0 Å². The van der Waals surface area contributed by atoms with Crippen molar-refractivity contribution in [2.45, 2.75) is 6.61 Å². The van der Waals surface area contributed by atoms with Crippen molar-refractivity contribution < 1.29 is 43.7 Å². The first-order valence-corrected chi connectivity index (χ1v) is 7.18. The Morgan fingerprint density at radius 1 is 1.09 bits per heavy atom. The first kappa shape index (κ1) is 25.1. The van der Waals surface area contributed by atoms with Crippen LogP contribution in [-0.2, 0) is 11.4 Å². The van der Waals surface area contributed by atoms with Crippen LogP contribution in [0.15, 0.2) is 45.3 Å². The number of rotatable bonds is 3. The minimum atomic E-state index is -0.570. The van der Waals surface area contributed by atoms with Crippen LogP contribution in [0.5, 0.6) is 5.75 Å². The molecule has 0 bridgehead atoms. The Bertz CT molecular complexity index is 639. The summed E-state index contributed by atoms with van der Waals surface area (Å²) >= 11 is 5.95. The molecule has 0 aliphatic heterocycles. The molecule has 0 radical (unpaired) electrons. The number of hydrogen-bond donors (Lipinski definition) is 1. The number of carbonyl (C=O) groups excluding carboxylic acids is 1. The summed E-state index contributed by atoms with van der Waals surface area (Å²) in [6.07, 6.45) is 0. The van der Waals surface area contributed by atoms with E-state index in [1.165, 1.54) is 12.1 Å². The molecule has 0 aliphatic rings. The minimum absolute atomic E-state index is 0. The van der Waals surface area contributed by atoms with Gasteiger partial charge in [0.2, 0.25) is 0 Å². The van der Waals surface area contributed by atoms with Gasteiger partial charge in [-0.2, -0.15) is 0 Å². The van der Waals surface area contributed by atoms with E-state index in [9.17, 15) is 13.6 Å². The van der Waals surface area contributed by atoms with Gasteiger partial charge in [-0.1, -0.05) is 18.2 Å². The third-order valence-corrected chi connectivity index (χ3v) is 3.52. The number of aliphatic hydroxyl groups is 1. The van der Waals surface area contributed by atoms with Crippen LogP contribution in [0.4, 0.5) is 8.78 Å². The second-order valence-corrected chi connectivity index (χ2v) is 5.35. The third kappa shape index (κ3) is 7.96. The van der Waals surface area contributed by atoms with Crippen LogP contribution < -0.4 is 23.6 Å². The predicted molar refractivity (Wildman–Crippen MR) is 91.9 cm³/mol. The molecule has 0 heterocycles. The normalized spacial score (nSPS) is 8.74. The van der Waals surface area contributed by atoms with E-state index >= 15 is 0 Å². The topological polar surface area (TPSA) is 46.5 Å². The number of aliphatic hydroxyl groups excluding tert-OH is 1. The second kappa shape index (κ2) is 13.1. The predicted octanol–water partition coefficient (Wildman–Crippen LogP) is 0.136. The van der Waals surface area contributed by atoms with E-state index in [1.807, 2.05) is 0 Å². The molecule has 0 saturated carbocycles. The molecule has 1 N–H and O–H groups in total. The molecule has 0 unspecified atom stereocenters. The van der Waals surface area contributed by atoms with E-state index < -0.39 is 5.82 Å². The van der Waals surface area contributed by atoms with Crippen LogP contribution in [0.1, 0.15) is 6.99 Å². The summed E-state index contributed by atoms with van der Waals surface area (Å²) in [4.78, 5) is 9.83. The van der Waals surface area contributed by atoms with Crippen molar-refractivity contribution in [3.8, 4) is 5.75 Å². The summed E-state index contributed by atoms with van der Waals surface area (Å²) in [5, 5.41) is 8.58. The largest absolute Gasteiger partial charge is 1.00 e. The zero-order valence-corrected chi connectivity index (χ0v) is 14.7. The number of halogens is 4. The van der Waals surface area contributed by atoms with Gasteiger partial charge in [0.25, 0.3) is 6.47 Å². The van der Waals surface area contributed by atoms with Crippen molar-refractivity contribution in [1.29, 1.82) is 0 Å². The van der Waals surface area contributed by atoms with Gasteiger partial charge in [0.05, 0.1) is 15.6 Å². The average molecular weight is 462 g/mol. The van der Waals surface area contributed by atoms with Crippen molar-refractivity contribution in [1.82, 2.24) is 0 Å². The van der Waals surface area contributed by atoms with Gasteiger partial charge in [-0.15, -0.1) is 0 Å². The summed E-state index contributed by atoms with van der Waals surface area (Å²) in [5.74, 6) is -1.03. The Balaban J connectivity index is -0.000000328. The fraction of sp³-hybridized carbons (Fsp3) is 0.0714. The monoisotopic (exact) mass is 460 g/mol. The van der Waals surface area contributed by atoms with E-state index in [0.29, 0.717) is 10.0 Å². The maximum absolute atomic E-state index is 12.9. The average Bonchev–Trinajstić information content (AvgIpc) is 2.48. The smallest absolute Gasteiger partial charge is 1.00 e. The third-order valence-electron chi connectivity index (χ3n) is 2.29. The summed E-state index contributed by atoms with van der Waals surface area (Å²) in [7, 11) is 0. The van der Waals surface area contributed by atoms with Gasteiger partial charge in [0, 0.05) is 5.56 Å². The number of carbonyl (C=O) groups is 1. The van der Waals surface area contributed by atoms with Crippen LogP contribution in [-0.4, -0.2) is 28.9 Å². The van der Waals surface area contributed by atoms with E-state index in [0.717, 1.165) is 0 Å². The molecule has 0 atom stereocenters. The molecule has 2 aromatic rings. The van der Waals surface area contributed by atoms with Gasteiger partial charge < -0.3 is 11.3 Å². The minimum Gasteiger partial charge on any atom is -1.00 e. The summed E-state index contributed by atoms with van der Waals surface area (Å²) in [6, 6.07) is 9.28. The molecule has 2 aromatic carbocycles. The maximum atomic E-state index is 12.9. The van der Waals surface area contributed by atoms with Gasteiger partial charge in [-0.3, -0.25) is 4.79 Å². The molecule has 3 nitrogen and oxygen atoms in total. The molecular weight excluding hydrogens is 448 g/mol. The molecule has 0 aliphatic carbocycles. The zero-order valence-electron chi connectivity index (χ0n) is 12.5. The molecule has 0 aromatic heterocycles. The fourth-order valence-electron chi connectivity index (χ4n) is 1.30. The Morgan fingerprint density at radius 3 is 2.09 bits per heavy atom. The summed E-state index contributed by atoms with van der Waals surface area (Å²) in [5.41, 5.74) is 0.314. The van der Waals surface area contributed by atoms with Crippen LogP contribution >= 0.6 is 31.9 Å². The van der Waals surface area contributed by atoms with E-state index in [-0.39, 0.29) is 66.8 Å². The van der Waals surface area contributed by atoms with Crippen molar-refractivity contribution in [3.05, 3.63) is 62.5 Å². The first-order valence-electron chi connectivity index (χ1n) is 5.59. The van der Waals surface area contributed by atoms with E-state index in [4.69, 9.17) is 5.11 Å². The van der Waals surface area contributed by atoms with Gasteiger partial charge in [0.1, 0.15) is 5.82 Å². The van der Waals surface area contributed by atoms with E-state index in [2.05, 4.69) is 36.6 Å².